The number of nitro groups is 1. The standard InChI is InChI=1S/C17H25N3O7/c1-7-16(19(4)11(3)21)18-17(22)27-10(2)12-8-14(25-5)15(26-6)9-13(12)20(23)24/h8-10,16H,7H2,1-6H3,(H,18,22). The molecule has 1 rings (SSSR count). The molecule has 0 aromatic heterocycles. The molecule has 1 aromatic carbocycles. The lowest BCUT2D eigenvalue weighted by Gasteiger charge is -2.27. The highest BCUT2D eigenvalue weighted by Crippen LogP contribution is 2.38. The molecule has 10 heteroatoms. The number of amides is 2. The molecule has 0 aliphatic carbocycles. The van der Waals surface area contributed by atoms with Crippen LogP contribution in [0, 0.1) is 10.1 Å². The Bertz CT molecular complexity index is 708. The Hall–Kier alpha value is -3.04. The lowest BCUT2D eigenvalue weighted by atomic mass is 10.1. The summed E-state index contributed by atoms with van der Waals surface area (Å²) >= 11 is 0. The minimum atomic E-state index is -0.939. The summed E-state index contributed by atoms with van der Waals surface area (Å²) in [5.41, 5.74) is -0.110. The van der Waals surface area contributed by atoms with Crippen LogP contribution in [0.2, 0.25) is 0 Å². The number of carbonyl (C=O) groups excluding carboxylic acids is 2. The van der Waals surface area contributed by atoms with Gasteiger partial charge >= 0.3 is 6.09 Å². The molecule has 0 saturated carbocycles. The van der Waals surface area contributed by atoms with E-state index in [-0.39, 0.29) is 28.7 Å². The predicted octanol–water partition coefficient (Wildman–Crippen LogP) is 2.61. The molecule has 0 bridgehead atoms. The third-order valence-corrected chi connectivity index (χ3v) is 4.09. The number of carbonyl (C=O) groups is 2. The Labute approximate surface area is 157 Å². The number of nitro benzene ring substituents is 1. The van der Waals surface area contributed by atoms with Crippen molar-refractivity contribution in [2.45, 2.75) is 39.5 Å². The van der Waals surface area contributed by atoms with Gasteiger partial charge in [0, 0.05) is 14.0 Å². The second-order valence-electron chi connectivity index (χ2n) is 5.77. The first-order valence-electron chi connectivity index (χ1n) is 8.27. The molecule has 0 heterocycles. The van der Waals surface area contributed by atoms with E-state index in [1.165, 1.54) is 45.1 Å². The zero-order valence-corrected chi connectivity index (χ0v) is 16.3. The van der Waals surface area contributed by atoms with E-state index >= 15 is 0 Å². The monoisotopic (exact) mass is 383 g/mol. The van der Waals surface area contributed by atoms with E-state index in [1.807, 2.05) is 0 Å². The molecule has 2 amide bonds. The Morgan fingerprint density at radius 2 is 1.81 bits per heavy atom. The van der Waals surface area contributed by atoms with Crippen LogP contribution in [0.4, 0.5) is 10.5 Å². The molecular formula is C17H25N3O7. The fourth-order valence-electron chi connectivity index (χ4n) is 2.45. The maximum absolute atomic E-state index is 12.2. The summed E-state index contributed by atoms with van der Waals surface area (Å²) in [6.45, 7) is 4.68. The van der Waals surface area contributed by atoms with Crippen molar-refractivity contribution in [3.63, 3.8) is 0 Å². The van der Waals surface area contributed by atoms with Crippen molar-refractivity contribution in [3.8, 4) is 11.5 Å². The molecule has 0 aliphatic heterocycles. The molecule has 0 spiro atoms. The minimum absolute atomic E-state index is 0.153. The summed E-state index contributed by atoms with van der Waals surface area (Å²) in [5.74, 6) is 0.251. The average Bonchev–Trinajstić information content (AvgIpc) is 2.63. The molecule has 0 radical (unpaired) electrons. The molecule has 27 heavy (non-hydrogen) atoms. The lowest BCUT2D eigenvalue weighted by Crippen LogP contribution is -2.48. The second-order valence-corrected chi connectivity index (χ2v) is 5.77. The summed E-state index contributed by atoms with van der Waals surface area (Å²) in [5, 5.41) is 13.9. The van der Waals surface area contributed by atoms with Crippen LogP contribution in [0.5, 0.6) is 11.5 Å². The maximum atomic E-state index is 12.2. The molecule has 1 aromatic rings. The molecule has 1 N–H and O–H groups in total. The number of hydrogen-bond acceptors (Lipinski definition) is 7. The third-order valence-electron chi connectivity index (χ3n) is 4.09. The molecule has 2 unspecified atom stereocenters. The largest absolute Gasteiger partial charge is 0.493 e. The van der Waals surface area contributed by atoms with Crippen LogP contribution in [0.3, 0.4) is 0 Å². The van der Waals surface area contributed by atoms with Gasteiger partial charge < -0.3 is 24.4 Å². The van der Waals surface area contributed by atoms with Crippen LogP contribution in [-0.2, 0) is 9.53 Å². The van der Waals surface area contributed by atoms with Gasteiger partial charge in [0.1, 0.15) is 12.3 Å². The summed E-state index contributed by atoms with van der Waals surface area (Å²) in [7, 11) is 4.32. The van der Waals surface area contributed by atoms with Crippen molar-refractivity contribution in [1.82, 2.24) is 10.2 Å². The molecule has 2 atom stereocenters. The van der Waals surface area contributed by atoms with Crippen LogP contribution < -0.4 is 14.8 Å². The number of nitrogens with one attached hydrogen (secondary N) is 1. The van der Waals surface area contributed by atoms with Gasteiger partial charge in [-0.3, -0.25) is 14.9 Å². The van der Waals surface area contributed by atoms with Gasteiger partial charge in [0.2, 0.25) is 5.91 Å². The Balaban J connectivity index is 3.04. The molecule has 0 fully saturated rings. The van der Waals surface area contributed by atoms with E-state index in [9.17, 15) is 19.7 Å². The SMILES string of the molecule is CCC(NC(=O)OC(C)c1cc(OC)c(OC)cc1[N+](=O)[O-])N(C)C(C)=O. The van der Waals surface area contributed by atoms with E-state index in [2.05, 4.69) is 5.32 Å². The van der Waals surface area contributed by atoms with Gasteiger partial charge in [-0.15, -0.1) is 0 Å². The van der Waals surface area contributed by atoms with Crippen molar-refractivity contribution in [2.75, 3.05) is 21.3 Å². The summed E-state index contributed by atoms with van der Waals surface area (Å²) < 4.78 is 15.5. The molecule has 0 aliphatic rings. The number of ether oxygens (including phenoxy) is 3. The van der Waals surface area contributed by atoms with Crippen LogP contribution >= 0.6 is 0 Å². The number of hydrogen-bond donors (Lipinski definition) is 1. The zero-order chi connectivity index (χ0) is 20.7. The topological polar surface area (TPSA) is 120 Å². The smallest absolute Gasteiger partial charge is 0.409 e. The minimum Gasteiger partial charge on any atom is -0.493 e. The lowest BCUT2D eigenvalue weighted by molar-refractivity contribution is -0.386. The fraction of sp³-hybridized carbons (Fsp3) is 0.529. The number of rotatable bonds is 8. The van der Waals surface area contributed by atoms with E-state index in [0.29, 0.717) is 6.42 Å². The van der Waals surface area contributed by atoms with E-state index in [1.54, 1.807) is 14.0 Å². The van der Waals surface area contributed by atoms with Gasteiger partial charge in [0.15, 0.2) is 11.5 Å². The number of alkyl carbamates (subject to hydrolysis) is 1. The average molecular weight is 383 g/mol. The van der Waals surface area contributed by atoms with Crippen LogP contribution in [-0.4, -0.2) is 49.3 Å². The van der Waals surface area contributed by atoms with E-state index in [4.69, 9.17) is 14.2 Å². The highest BCUT2D eigenvalue weighted by molar-refractivity contribution is 5.74. The molecule has 10 nitrogen and oxygen atoms in total. The fourth-order valence-corrected chi connectivity index (χ4v) is 2.45. The number of methoxy groups -OCH3 is 2. The van der Waals surface area contributed by atoms with Crippen molar-refractivity contribution in [1.29, 1.82) is 0 Å². The highest BCUT2D eigenvalue weighted by atomic mass is 16.6. The summed E-state index contributed by atoms with van der Waals surface area (Å²) in [6, 6.07) is 2.61. The van der Waals surface area contributed by atoms with Gasteiger partial charge in [-0.1, -0.05) is 6.92 Å². The van der Waals surface area contributed by atoms with Crippen LogP contribution in [0.1, 0.15) is 38.9 Å². The highest BCUT2D eigenvalue weighted by Gasteiger charge is 2.27. The quantitative estimate of drug-likeness (QED) is 0.416. The van der Waals surface area contributed by atoms with Crippen molar-refractivity contribution in [3.05, 3.63) is 27.8 Å². The molecular weight excluding hydrogens is 358 g/mol. The number of nitrogens with zero attached hydrogens (tertiary/aromatic N) is 2. The zero-order valence-electron chi connectivity index (χ0n) is 16.3. The first-order valence-corrected chi connectivity index (χ1v) is 8.27. The van der Waals surface area contributed by atoms with Crippen LogP contribution in [0.15, 0.2) is 12.1 Å². The van der Waals surface area contributed by atoms with Crippen molar-refractivity contribution in [2.24, 2.45) is 0 Å². The molecule has 0 saturated heterocycles. The Morgan fingerprint density at radius 1 is 1.26 bits per heavy atom. The Morgan fingerprint density at radius 3 is 2.26 bits per heavy atom. The maximum Gasteiger partial charge on any atom is 0.409 e. The van der Waals surface area contributed by atoms with Crippen molar-refractivity contribution < 1.29 is 28.7 Å². The third kappa shape index (κ3) is 5.47. The first-order chi connectivity index (χ1) is 12.7. The van der Waals surface area contributed by atoms with Gasteiger partial charge in [-0.05, 0) is 19.4 Å². The van der Waals surface area contributed by atoms with Gasteiger partial charge in [0.25, 0.3) is 5.69 Å². The molecule has 150 valence electrons. The second kappa shape index (κ2) is 9.60. The predicted molar refractivity (Wildman–Crippen MR) is 96.8 cm³/mol. The van der Waals surface area contributed by atoms with E-state index in [0.717, 1.165) is 0 Å². The normalized spacial score (nSPS) is 12.5. The van der Waals surface area contributed by atoms with E-state index < -0.39 is 23.3 Å². The number of benzene rings is 1. The Kier molecular flexibility index (Phi) is 7.82. The van der Waals surface area contributed by atoms with Gasteiger partial charge in [-0.2, -0.15) is 0 Å². The van der Waals surface area contributed by atoms with Crippen LogP contribution in [0.25, 0.3) is 0 Å². The first kappa shape index (κ1) is 22.0. The summed E-state index contributed by atoms with van der Waals surface area (Å²) in [4.78, 5) is 35.8. The summed E-state index contributed by atoms with van der Waals surface area (Å²) in [6.07, 6.45) is -1.82. The van der Waals surface area contributed by atoms with Crippen molar-refractivity contribution >= 4 is 17.7 Å². The van der Waals surface area contributed by atoms with Gasteiger partial charge in [0.05, 0.1) is 30.8 Å². The van der Waals surface area contributed by atoms with Gasteiger partial charge in [-0.25, -0.2) is 4.79 Å².